The second-order valence-corrected chi connectivity index (χ2v) is 2.15. The van der Waals surface area contributed by atoms with Gasteiger partial charge in [-0.15, -0.1) is 4.91 Å². The topological polar surface area (TPSA) is 38.7 Å². The average Bonchev–Trinajstić information content (AvgIpc) is 2.06. The zero-order valence-corrected chi connectivity index (χ0v) is 6.28. The van der Waals surface area contributed by atoms with Crippen LogP contribution >= 0.6 is 0 Å². The highest BCUT2D eigenvalue weighted by Crippen LogP contribution is 2.18. The van der Waals surface area contributed by atoms with Crippen LogP contribution in [0, 0.1) is 4.91 Å². The fourth-order valence-corrected chi connectivity index (χ4v) is 0.877. The predicted octanol–water partition coefficient (Wildman–Crippen LogP) is 2.23. The molecular weight excluding hydrogens is 142 g/mol. The third kappa shape index (κ3) is 1.85. The first-order chi connectivity index (χ1) is 5.38. The minimum atomic E-state index is 0.432. The van der Waals surface area contributed by atoms with Gasteiger partial charge in [-0.25, -0.2) is 0 Å². The molecule has 0 heterocycles. The molecule has 0 saturated carbocycles. The van der Waals surface area contributed by atoms with Gasteiger partial charge in [-0.2, -0.15) is 0 Å². The summed E-state index contributed by atoms with van der Waals surface area (Å²) in [6.45, 7) is 0.432. The first-order valence-corrected chi connectivity index (χ1v) is 3.28. The highest BCUT2D eigenvalue weighted by atomic mass is 16.5. The molecule has 0 spiro atoms. The largest absolute Gasteiger partial charge is 0.380 e. The molecule has 3 heteroatoms. The van der Waals surface area contributed by atoms with Gasteiger partial charge in [0.2, 0.25) is 0 Å². The number of methoxy groups -OCH3 is 1. The van der Waals surface area contributed by atoms with Crippen molar-refractivity contribution in [2.45, 2.75) is 6.61 Å². The van der Waals surface area contributed by atoms with E-state index in [1.807, 2.05) is 12.1 Å². The van der Waals surface area contributed by atoms with Crippen LogP contribution < -0.4 is 0 Å². The Morgan fingerprint density at radius 1 is 1.45 bits per heavy atom. The van der Waals surface area contributed by atoms with Crippen LogP contribution in [0.2, 0.25) is 0 Å². The molecule has 0 aliphatic carbocycles. The van der Waals surface area contributed by atoms with Gasteiger partial charge in [0.1, 0.15) is 5.69 Å². The van der Waals surface area contributed by atoms with Crippen LogP contribution in [0.25, 0.3) is 0 Å². The molecule has 0 aromatic heterocycles. The van der Waals surface area contributed by atoms with E-state index in [1.165, 1.54) is 0 Å². The standard InChI is InChI=1S/C8H9NO2/c1-11-6-7-4-2-3-5-8(7)9-10/h2-5H,6H2,1H3. The van der Waals surface area contributed by atoms with Crippen molar-refractivity contribution in [1.82, 2.24) is 0 Å². The smallest absolute Gasteiger partial charge is 0.113 e. The molecule has 1 aromatic carbocycles. The zero-order chi connectivity index (χ0) is 8.10. The monoisotopic (exact) mass is 151 g/mol. The van der Waals surface area contributed by atoms with Gasteiger partial charge in [0.15, 0.2) is 0 Å². The molecule has 11 heavy (non-hydrogen) atoms. The Morgan fingerprint density at radius 2 is 2.18 bits per heavy atom. The molecular formula is C8H9NO2. The van der Waals surface area contributed by atoms with Gasteiger partial charge in [0, 0.05) is 12.7 Å². The van der Waals surface area contributed by atoms with Crippen molar-refractivity contribution in [2.24, 2.45) is 5.18 Å². The summed E-state index contributed by atoms with van der Waals surface area (Å²) in [5, 5.41) is 2.86. The van der Waals surface area contributed by atoms with Crippen LogP contribution in [0.15, 0.2) is 29.4 Å². The molecule has 1 rings (SSSR count). The first kappa shape index (κ1) is 7.88. The van der Waals surface area contributed by atoms with E-state index in [-0.39, 0.29) is 0 Å². The minimum absolute atomic E-state index is 0.432. The minimum Gasteiger partial charge on any atom is -0.380 e. The van der Waals surface area contributed by atoms with Crippen LogP contribution in [-0.4, -0.2) is 7.11 Å². The molecule has 0 bridgehead atoms. The summed E-state index contributed by atoms with van der Waals surface area (Å²) in [5.74, 6) is 0. The lowest BCUT2D eigenvalue weighted by Gasteiger charge is -1.99. The molecule has 0 amide bonds. The van der Waals surface area contributed by atoms with Crippen molar-refractivity contribution in [3.63, 3.8) is 0 Å². The van der Waals surface area contributed by atoms with Crippen LogP contribution in [0.5, 0.6) is 0 Å². The molecule has 0 N–H and O–H groups in total. The molecule has 0 aliphatic heterocycles. The molecule has 58 valence electrons. The van der Waals surface area contributed by atoms with Gasteiger partial charge in [0.05, 0.1) is 6.61 Å². The molecule has 0 fully saturated rings. The predicted molar refractivity (Wildman–Crippen MR) is 42.6 cm³/mol. The van der Waals surface area contributed by atoms with Crippen LogP contribution in [0.3, 0.4) is 0 Å². The summed E-state index contributed by atoms with van der Waals surface area (Å²) >= 11 is 0. The summed E-state index contributed by atoms with van der Waals surface area (Å²) < 4.78 is 4.87. The van der Waals surface area contributed by atoms with Crippen LogP contribution in [-0.2, 0) is 11.3 Å². The van der Waals surface area contributed by atoms with Crippen molar-refractivity contribution in [2.75, 3.05) is 7.11 Å². The van der Waals surface area contributed by atoms with Crippen molar-refractivity contribution < 1.29 is 4.74 Å². The summed E-state index contributed by atoms with van der Waals surface area (Å²) in [7, 11) is 1.58. The van der Waals surface area contributed by atoms with Crippen molar-refractivity contribution in [1.29, 1.82) is 0 Å². The van der Waals surface area contributed by atoms with E-state index < -0.39 is 0 Å². The molecule has 3 nitrogen and oxygen atoms in total. The Bertz CT molecular complexity index is 248. The lowest BCUT2D eigenvalue weighted by molar-refractivity contribution is 0.185. The lowest BCUT2D eigenvalue weighted by Crippen LogP contribution is -1.86. The number of nitrogens with zero attached hydrogens (tertiary/aromatic N) is 1. The normalized spacial score (nSPS) is 9.55. The second kappa shape index (κ2) is 3.83. The molecule has 1 aromatic rings. The maximum atomic E-state index is 10.2. The van der Waals surface area contributed by atoms with E-state index in [0.717, 1.165) is 5.56 Å². The Morgan fingerprint density at radius 3 is 2.82 bits per heavy atom. The Kier molecular flexibility index (Phi) is 2.74. The van der Waals surface area contributed by atoms with Gasteiger partial charge in [-0.3, -0.25) is 0 Å². The average molecular weight is 151 g/mol. The molecule has 0 unspecified atom stereocenters. The first-order valence-electron chi connectivity index (χ1n) is 3.28. The molecule has 0 aliphatic rings. The van der Waals surface area contributed by atoms with E-state index in [0.29, 0.717) is 12.3 Å². The number of benzene rings is 1. The Hall–Kier alpha value is -1.22. The SMILES string of the molecule is COCc1ccccc1N=O. The Balaban J connectivity index is 2.92. The van der Waals surface area contributed by atoms with Gasteiger partial charge in [-0.1, -0.05) is 18.2 Å². The van der Waals surface area contributed by atoms with E-state index in [2.05, 4.69) is 5.18 Å². The van der Waals surface area contributed by atoms with Gasteiger partial charge < -0.3 is 4.74 Å². The fourth-order valence-electron chi connectivity index (χ4n) is 0.877. The highest BCUT2D eigenvalue weighted by Gasteiger charge is 1.98. The summed E-state index contributed by atoms with van der Waals surface area (Å²) in [6.07, 6.45) is 0. The highest BCUT2D eigenvalue weighted by molar-refractivity contribution is 5.44. The van der Waals surface area contributed by atoms with Gasteiger partial charge in [-0.05, 0) is 11.2 Å². The second-order valence-electron chi connectivity index (χ2n) is 2.15. The maximum absolute atomic E-state index is 10.2. The van der Waals surface area contributed by atoms with E-state index in [9.17, 15) is 4.91 Å². The number of ether oxygens (including phenoxy) is 1. The molecule has 0 radical (unpaired) electrons. The van der Waals surface area contributed by atoms with E-state index >= 15 is 0 Å². The van der Waals surface area contributed by atoms with Gasteiger partial charge in [0.25, 0.3) is 0 Å². The number of hydrogen-bond acceptors (Lipinski definition) is 3. The van der Waals surface area contributed by atoms with Crippen molar-refractivity contribution >= 4 is 5.69 Å². The van der Waals surface area contributed by atoms with E-state index in [1.54, 1.807) is 19.2 Å². The van der Waals surface area contributed by atoms with Gasteiger partial charge >= 0.3 is 0 Å². The summed E-state index contributed by atoms with van der Waals surface area (Å²) in [4.78, 5) is 10.2. The van der Waals surface area contributed by atoms with Crippen LogP contribution in [0.1, 0.15) is 5.56 Å². The van der Waals surface area contributed by atoms with Crippen LogP contribution in [0.4, 0.5) is 5.69 Å². The fraction of sp³-hybridized carbons (Fsp3) is 0.250. The lowest BCUT2D eigenvalue weighted by atomic mass is 10.2. The van der Waals surface area contributed by atoms with Crippen molar-refractivity contribution in [3.05, 3.63) is 34.7 Å². The maximum Gasteiger partial charge on any atom is 0.113 e. The molecule has 0 saturated heterocycles. The summed E-state index contributed by atoms with van der Waals surface area (Å²) in [6, 6.07) is 7.11. The summed E-state index contributed by atoms with van der Waals surface area (Å²) in [5.41, 5.74) is 1.28. The molecule has 0 atom stereocenters. The van der Waals surface area contributed by atoms with Crippen molar-refractivity contribution in [3.8, 4) is 0 Å². The third-order valence-corrected chi connectivity index (χ3v) is 1.39. The van der Waals surface area contributed by atoms with E-state index in [4.69, 9.17) is 4.74 Å². The Labute approximate surface area is 65.0 Å². The number of rotatable bonds is 3. The quantitative estimate of drug-likeness (QED) is 0.621. The number of hydrogen-bond donors (Lipinski definition) is 0. The number of nitroso groups, excluding NO2 is 1. The third-order valence-electron chi connectivity index (χ3n) is 1.39. The zero-order valence-electron chi connectivity index (χ0n) is 6.28.